The quantitative estimate of drug-likeness (QED) is 0.481. The first-order valence-corrected chi connectivity index (χ1v) is 8.55. The van der Waals surface area contributed by atoms with Crippen molar-refractivity contribution in [1.82, 2.24) is 4.57 Å². The number of fused-ring (bicyclic) bond motifs is 1. The van der Waals surface area contributed by atoms with Crippen molar-refractivity contribution >= 4 is 71.5 Å². The molecule has 3 rings (SSSR count). The first kappa shape index (κ1) is 14.3. The maximum absolute atomic E-state index is 12.4. The standard InChI is InChI=1S/C14H8Br2ClNOS/c15-12-6-9(14(16)20-12)11(19)7-18-5-4-8-2-1-3-10(17)13(8)18/h1-6H,7H2. The van der Waals surface area contributed by atoms with Crippen LogP contribution in [0.15, 0.2) is 44.1 Å². The fourth-order valence-corrected chi connectivity index (χ4v) is 5.26. The molecule has 2 heterocycles. The van der Waals surface area contributed by atoms with Gasteiger partial charge in [0.1, 0.15) is 0 Å². The molecule has 0 aliphatic carbocycles. The molecule has 0 saturated carbocycles. The highest BCUT2D eigenvalue weighted by Crippen LogP contribution is 2.33. The number of benzene rings is 1. The maximum Gasteiger partial charge on any atom is 0.184 e. The predicted octanol–water partition coefficient (Wildman–Crippen LogP) is 5.76. The average Bonchev–Trinajstić information content (AvgIpc) is 2.94. The van der Waals surface area contributed by atoms with Crippen LogP contribution in [0.2, 0.25) is 5.02 Å². The largest absolute Gasteiger partial charge is 0.338 e. The molecule has 0 amide bonds. The minimum Gasteiger partial charge on any atom is -0.338 e. The molecule has 0 unspecified atom stereocenters. The number of hydrogen-bond acceptors (Lipinski definition) is 2. The van der Waals surface area contributed by atoms with Gasteiger partial charge in [-0.2, -0.15) is 0 Å². The fourth-order valence-electron chi connectivity index (χ4n) is 2.12. The van der Waals surface area contributed by atoms with Gasteiger partial charge in [0, 0.05) is 17.1 Å². The molecule has 2 aromatic heterocycles. The molecule has 20 heavy (non-hydrogen) atoms. The molecule has 0 aliphatic rings. The highest BCUT2D eigenvalue weighted by Gasteiger charge is 2.15. The monoisotopic (exact) mass is 431 g/mol. The summed E-state index contributed by atoms with van der Waals surface area (Å²) in [4.78, 5) is 12.4. The number of ketones is 1. The van der Waals surface area contributed by atoms with Crippen LogP contribution >= 0.6 is 54.8 Å². The topological polar surface area (TPSA) is 22.0 Å². The Labute approximate surface area is 141 Å². The number of hydrogen-bond donors (Lipinski definition) is 0. The lowest BCUT2D eigenvalue weighted by molar-refractivity contribution is 0.0973. The van der Waals surface area contributed by atoms with Crippen LogP contribution in [0.3, 0.4) is 0 Å². The van der Waals surface area contributed by atoms with Gasteiger partial charge in [0.25, 0.3) is 0 Å². The zero-order valence-corrected chi connectivity index (χ0v) is 14.8. The molecule has 6 heteroatoms. The summed E-state index contributed by atoms with van der Waals surface area (Å²) in [6.07, 6.45) is 1.89. The van der Waals surface area contributed by atoms with Crippen LogP contribution in [-0.4, -0.2) is 10.4 Å². The number of nitrogens with zero attached hydrogens (tertiary/aromatic N) is 1. The van der Waals surface area contributed by atoms with E-state index in [1.54, 1.807) is 0 Å². The zero-order chi connectivity index (χ0) is 14.3. The number of rotatable bonds is 3. The molecule has 0 bridgehead atoms. The second kappa shape index (κ2) is 5.64. The molecule has 102 valence electrons. The van der Waals surface area contributed by atoms with Gasteiger partial charge in [-0.3, -0.25) is 4.79 Å². The Morgan fingerprint density at radius 2 is 2.10 bits per heavy atom. The Morgan fingerprint density at radius 1 is 1.30 bits per heavy atom. The van der Waals surface area contributed by atoms with E-state index in [0.29, 0.717) is 10.6 Å². The molecule has 3 aromatic rings. The molecule has 0 N–H and O–H groups in total. The van der Waals surface area contributed by atoms with Gasteiger partial charge >= 0.3 is 0 Å². The number of thiophene rings is 1. The van der Waals surface area contributed by atoms with Crippen LogP contribution < -0.4 is 0 Å². The van der Waals surface area contributed by atoms with E-state index in [9.17, 15) is 4.79 Å². The van der Waals surface area contributed by atoms with E-state index in [1.807, 2.05) is 41.1 Å². The summed E-state index contributed by atoms with van der Waals surface area (Å²) < 4.78 is 3.66. The van der Waals surface area contributed by atoms with Crippen molar-refractivity contribution in [1.29, 1.82) is 0 Å². The third-order valence-electron chi connectivity index (χ3n) is 3.01. The average molecular weight is 434 g/mol. The minimum absolute atomic E-state index is 0.0521. The number of halogens is 3. The van der Waals surface area contributed by atoms with Crippen LogP contribution in [0.5, 0.6) is 0 Å². The van der Waals surface area contributed by atoms with E-state index in [0.717, 1.165) is 18.5 Å². The number of carbonyl (C=O) groups is 1. The summed E-state index contributed by atoms with van der Waals surface area (Å²) in [7, 11) is 0. The second-order valence-electron chi connectivity index (χ2n) is 4.28. The Kier molecular flexibility index (Phi) is 4.04. The minimum atomic E-state index is 0.0521. The van der Waals surface area contributed by atoms with Gasteiger partial charge < -0.3 is 4.57 Å². The Morgan fingerprint density at radius 3 is 2.80 bits per heavy atom. The molecule has 0 radical (unpaired) electrons. The smallest absolute Gasteiger partial charge is 0.184 e. The second-order valence-corrected chi connectivity index (χ2v) is 8.44. The van der Waals surface area contributed by atoms with Crippen molar-refractivity contribution in [3.05, 3.63) is 54.7 Å². The van der Waals surface area contributed by atoms with Gasteiger partial charge in [-0.1, -0.05) is 23.7 Å². The Bertz CT molecular complexity index is 809. The van der Waals surface area contributed by atoms with Gasteiger partial charge in [0.05, 0.1) is 24.7 Å². The molecule has 2 nitrogen and oxygen atoms in total. The third kappa shape index (κ3) is 2.60. The highest BCUT2D eigenvalue weighted by molar-refractivity contribution is 9.12. The molecule has 0 aliphatic heterocycles. The van der Waals surface area contributed by atoms with Gasteiger partial charge in [-0.05, 0) is 50.1 Å². The zero-order valence-electron chi connectivity index (χ0n) is 10.1. The lowest BCUT2D eigenvalue weighted by atomic mass is 10.2. The number of Topliss-reactive ketones (excluding diaryl/α,β-unsaturated/α-hetero) is 1. The number of aromatic nitrogens is 1. The molecule has 0 atom stereocenters. The SMILES string of the molecule is O=C(Cn1ccc2cccc(Cl)c21)c1cc(Br)sc1Br. The summed E-state index contributed by atoms with van der Waals surface area (Å²) in [5.74, 6) is 0.0521. The molecule has 0 spiro atoms. The van der Waals surface area contributed by atoms with E-state index < -0.39 is 0 Å². The van der Waals surface area contributed by atoms with Crippen molar-refractivity contribution in [2.45, 2.75) is 6.54 Å². The van der Waals surface area contributed by atoms with E-state index in [4.69, 9.17) is 11.6 Å². The van der Waals surface area contributed by atoms with Gasteiger partial charge in [-0.15, -0.1) is 11.3 Å². The summed E-state index contributed by atoms with van der Waals surface area (Å²) in [5, 5.41) is 1.70. The first-order chi connectivity index (χ1) is 9.56. The maximum atomic E-state index is 12.4. The van der Waals surface area contributed by atoms with Crippen LogP contribution in [0.1, 0.15) is 10.4 Å². The summed E-state index contributed by atoms with van der Waals surface area (Å²) in [6, 6.07) is 9.53. The number of carbonyl (C=O) groups excluding carboxylic acids is 1. The molecular formula is C14H8Br2ClNOS. The highest BCUT2D eigenvalue weighted by atomic mass is 79.9. The summed E-state index contributed by atoms with van der Waals surface area (Å²) in [5.41, 5.74) is 1.59. The van der Waals surface area contributed by atoms with Crippen LogP contribution in [-0.2, 0) is 6.54 Å². The first-order valence-electron chi connectivity index (χ1n) is 5.77. The third-order valence-corrected chi connectivity index (χ3v) is 5.65. The van der Waals surface area contributed by atoms with Crippen LogP contribution in [0.4, 0.5) is 0 Å². The van der Waals surface area contributed by atoms with Gasteiger partial charge in [-0.25, -0.2) is 0 Å². The Hall–Kier alpha value is -0.620. The molecule has 1 aromatic carbocycles. The molecular weight excluding hydrogens is 425 g/mol. The summed E-state index contributed by atoms with van der Waals surface area (Å²) >= 11 is 14.5. The van der Waals surface area contributed by atoms with Crippen molar-refractivity contribution in [2.24, 2.45) is 0 Å². The lowest BCUT2D eigenvalue weighted by Gasteiger charge is -2.05. The molecule has 0 saturated heterocycles. The van der Waals surface area contributed by atoms with Crippen molar-refractivity contribution in [2.75, 3.05) is 0 Å². The fraction of sp³-hybridized carbons (Fsp3) is 0.0714. The van der Waals surface area contributed by atoms with Crippen molar-refractivity contribution in [3.8, 4) is 0 Å². The van der Waals surface area contributed by atoms with Crippen LogP contribution in [0, 0.1) is 0 Å². The number of para-hydroxylation sites is 1. The van der Waals surface area contributed by atoms with Crippen molar-refractivity contribution < 1.29 is 4.79 Å². The summed E-state index contributed by atoms with van der Waals surface area (Å²) in [6.45, 7) is 0.273. The van der Waals surface area contributed by atoms with Crippen LogP contribution in [0.25, 0.3) is 10.9 Å². The Balaban J connectivity index is 1.97. The van der Waals surface area contributed by atoms with E-state index >= 15 is 0 Å². The lowest BCUT2D eigenvalue weighted by Crippen LogP contribution is -2.09. The van der Waals surface area contributed by atoms with E-state index in [1.165, 1.54) is 11.3 Å². The van der Waals surface area contributed by atoms with E-state index in [-0.39, 0.29) is 12.3 Å². The van der Waals surface area contributed by atoms with Crippen molar-refractivity contribution in [3.63, 3.8) is 0 Å². The molecule has 0 fully saturated rings. The van der Waals surface area contributed by atoms with Gasteiger partial charge in [0.2, 0.25) is 0 Å². The van der Waals surface area contributed by atoms with E-state index in [2.05, 4.69) is 31.9 Å². The normalized spacial score (nSPS) is 11.2. The van der Waals surface area contributed by atoms with Gasteiger partial charge in [0.15, 0.2) is 5.78 Å². The predicted molar refractivity (Wildman–Crippen MR) is 91.0 cm³/mol.